The fraction of sp³-hybridized carbons (Fsp3) is 0.375. The molecular formula is C16H18Br2N2O4. The summed E-state index contributed by atoms with van der Waals surface area (Å²) in [6.07, 6.45) is 2.35. The van der Waals surface area contributed by atoms with Crippen LogP contribution in [0.4, 0.5) is 4.79 Å². The molecule has 0 radical (unpaired) electrons. The van der Waals surface area contributed by atoms with Crippen molar-refractivity contribution < 1.29 is 19.4 Å². The summed E-state index contributed by atoms with van der Waals surface area (Å²) in [5, 5.41) is 15.3. The van der Waals surface area contributed by atoms with Gasteiger partial charge in [-0.3, -0.25) is 0 Å². The molecule has 1 aromatic rings. The van der Waals surface area contributed by atoms with E-state index in [4.69, 9.17) is 4.74 Å². The van der Waals surface area contributed by atoms with Gasteiger partial charge in [0.2, 0.25) is 0 Å². The number of nitrogens with one attached hydrogen (secondary N) is 2. The largest absolute Gasteiger partial charge is 0.506 e. The van der Waals surface area contributed by atoms with Crippen molar-refractivity contribution in [2.24, 2.45) is 0 Å². The lowest BCUT2D eigenvalue weighted by atomic mass is 9.93. The van der Waals surface area contributed by atoms with Crippen molar-refractivity contribution in [3.8, 4) is 5.75 Å². The average Bonchev–Trinajstić information content (AvgIpc) is 2.56. The van der Waals surface area contributed by atoms with Gasteiger partial charge in [-0.25, -0.2) is 9.59 Å². The van der Waals surface area contributed by atoms with Crippen LogP contribution in [-0.2, 0) is 9.53 Å². The number of unbranched alkanes of at least 4 members (excludes halogenated alkanes) is 1. The predicted octanol–water partition coefficient (Wildman–Crippen LogP) is 3.89. The van der Waals surface area contributed by atoms with Gasteiger partial charge in [0.25, 0.3) is 0 Å². The third-order valence-electron chi connectivity index (χ3n) is 3.71. The van der Waals surface area contributed by atoms with Gasteiger partial charge >= 0.3 is 12.0 Å². The second-order valence-electron chi connectivity index (χ2n) is 5.35. The summed E-state index contributed by atoms with van der Waals surface area (Å²) in [5.41, 5.74) is 1.59. The summed E-state index contributed by atoms with van der Waals surface area (Å²) in [6.45, 7) is 2.03. The molecule has 2 rings (SSSR count). The number of hydrogen-bond acceptors (Lipinski definition) is 4. The Kier molecular flexibility index (Phi) is 6.28. The molecule has 0 bridgehead atoms. The number of carbonyl (C=O) groups is 2. The zero-order valence-electron chi connectivity index (χ0n) is 13.3. The zero-order chi connectivity index (χ0) is 17.9. The van der Waals surface area contributed by atoms with Crippen molar-refractivity contribution in [3.05, 3.63) is 37.9 Å². The highest BCUT2D eigenvalue weighted by Gasteiger charge is 2.33. The topological polar surface area (TPSA) is 87.7 Å². The Balaban J connectivity index is 2.56. The summed E-state index contributed by atoms with van der Waals surface area (Å²) >= 11 is 6.54. The van der Waals surface area contributed by atoms with E-state index in [0.29, 0.717) is 32.2 Å². The fourth-order valence-electron chi connectivity index (χ4n) is 2.52. The summed E-state index contributed by atoms with van der Waals surface area (Å²) in [5.74, 6) is -0.451. The minimum atomic E-state index is -0.661. The number of benzene rings is 1. The van der Waals surface area contributed by atoms with Crippen LogP contribution in [0.15, 0.2) is 32.3 Å². The van der Waals surface area contributed by atoms with E-state index < -0.39 is 12.0 Å². The molecule has 3 N–H and O–H groups in total. The number of aromatic hydroxyl groups is 1. The third kappa shape index (κ3) is 3.92. The Bertz CT molecular complexity index is 680. The lowest BCUT2D eigenvalue weighted by Crippen LogP contribution is -2.45. The average molecular weight is 462 g/mol. The van der Waals surface area contributed by atoms with E-state index in [1.54, 1.807) is 12.1 Å². The minimum absolute atomic E-state index is 0.0498. The molecule has 2 amide bonds. The van der Waals surface area contributed by atoms with Crippen LogP contribution in [-0.4, -0.2) is 24.2 Å². The van der Waals surface area contributed by atoms with Crippen LogP contribution in [0.3, 0.4) is 0 Å². The fourth-order valence-corrected chi connectivity index (χ4v) is 3.74. The number of carbonyl (C=O) groups excluding carboxylic acids is 2. The van der Waals surface area contributed by atoms with E-state index in [0.717, 1.165) is 12.8 Å². The van der Waals surface area contributed by atoms with E-state index in [1.807, 2.05) is 6.92 Å². The van der Waals surface area contributed by atoms with Gasteiger partial charge in [0.05, 0.1) is 27.7 Å². The molecule has 1 unspecified atom stereocenters. The van der Waals surface area contributed by atoms with Gasteiger partial charge in [-0.05, 0) is 62.4 Å². The quantitative estimate of drug-likeness (QED) is 0.580. The van der Waals surface area contributed by atoms with Crippen molar-refractivity contribution in [3.63, 3.8) is 0 Å². The Morgan fingerprint density at radius 1 is 1.33 bits per heavy atom. The number of halogens is 2. The standard InChI is InChI=1S/C16H18Br2N2O4/c1-3-4-5-11-12(15(22)24-2)13(20-16(23)19-11)8-6-9(17)14(21)10(18)7-8/h6-7,13,21H,3-5H2,1-2H3,(H2,19,20,23). The van der Waals surface area contributed by atoms with Crippen LogP contribution < -0.4 is 10.6 Å². The van der Waals surface area contributed by atoms with Crippen molar-refractivity contribution in [2.75, 3.05) is 7.11 Å². The van der Waals surface area contributed by atoms with Gasteiger partial charge in [-0.1, -0.05) is 13.3 Å². The summed E-state index contributed by atoms with van der Waals surface area (Å²) in [4.78, 5) is 24.4. The number of rotatable bonds is 5. The summed E-state index contributed by atoms with van der Waals surface area (Å²) in [6, 6.07) is 2.29. The van der Waals surface area contributed by atoms with Crippen LogP contribution in [0, 0.1) is 0 Å². The van der Waals surface area contributed by atoms with Crippen LogP contribution in [0.2, 0.25) is 0 Å². The van der Waals surface area contributed by atoms with Crippen molar-refractivity contribution in [1.29, 1.82) is 0 Å². The summed E-state index contributed by atoms with van der Waals surface area (Å²) < 4.78 is 5.82. The monoisotopic (exact) mass is 460 g/mol. The number of phenols is 1. The maximum Gasteiger partial charge on any atom is 0.337 e. The molecule has 1 atom stereocenters. The van der Waals surface area contributed by atoms with Gasteiger partial charge in [-0.15, -0.1) is 0 Å². The van der Waals surface area contributed by atoms with Crippen LogP contribution in [0.25, 0.3) is 0 Å². The van der Waals surface area contributed by atoms with Crippen molar-refractivity contribution >= 4 is 43.9 Å². The molecule has 6 nitrogen and oxygen atoms in total. The number of ether oxygens (including phenoxy) is 1. The smallest absolute Gasteiger partial charge is 0.337 e. The number of allylic oxidation sites excluding steroid dienone is 1. The van der Waals surface area contributed by atoms with Gasteiger partial charge < -0.3 is 20.5 Å². The highest BCUT2D eigenvalue weighted by molar-refractivity contribution is 9.11. The van der Waals surface area contributed by atoms with Gasteiger partial charge in [0.1, 0.15) is 5.75 Å². The Morgan fingerprint density at radius 2 is 1.96 bits per heavy atom. The lowest BCUT2D eigenvalue weighted by molar-refractivity contribution is -0.136. The van der Waals surface area contributed by atoms with E-state index in [1.165, 1.54) is 7.11 Å². The number of phenolic OH excluding ortho intramolecular Hbond substituents is 1. The molecule has 1 aliphatic heterocycles. The first-order valence-electron chi connectivity index (χ1n) is 7.45. The number of methoxy groups -OCH3 is 1. The Morgan fingerprint density at radius 3 is 2.50 bits per heavy atom. The molecule has 1 heterocycles. The van der Waals surface area contributed by atoms with Crippen molar-refractivity contribution in [2.45, 2.75) is 32.2 Å². The Labute approximate surface area is 156 Å². The molecule has 0 aliphatic carbocycles. The predicted molar refractivity (Wildman–Crippen MR) is 96.5 cm³/mol. The van der Waals surface area contributed by atoms with E-state index >= 15 is 0 Å². The highest BCUT2D eigenvalue weighted by atomic mass is 79.9. The number of urea groups is 1. The lowest BCUT2D eigenvalue weighted by Gasteiger charge is -2.29. The van der Waals surface area contributed by atoms with Gasteiger partial charge in [0, 0.05) is 5.70 Å². The Hall–Kier alpha value is -1.54. The second kappa shape index (κ2) is 8.02. The molecule has 0 saturated carbocycles. The summed E-state index contributed by atoms with van der Waals surface area (Å²) in [7, 11) is 1.31. The van der Waals surface area contributed by atoms with Crippen LogP contribution in [0.5, 0.6) is 5.75 Å². The zero-order valence-corrected chi connectivity index (χ0v) is 16.5. The maximum absolute atomic E-state index is 12.3. The molecule has 1 aromatic carbocycles. The highest BCUT2D eigenvalue weighted by Crippen LogP contribution is 2.38. The molecule has 130 valence electrons. The first kappa shape index (κ1) is 18.8. The molecule has 0 spiro atoms. The molecule has 0 fully saturated rings. The van der Waals surface area contributed by atoms with Crippen LogP contribution in [0.1, 0.15) is 37.8 Å². The van der Waals surface area contributed by atoms with Crippen LogP contribution >= 0.6 is 31.9 Å². The van der Waals surface area contributed by atoms with Gasteiger partial charge in [0.15, 0.2) is 0 Å². The van der Waals surface area contributed by atoms with E-state index in [-0.39, 0.29) is 11.8 Å². The normalized spacial score (nSPS) is 17.3. The number of hydrogen-bond donors (Lipinski definition) is 3. The number of esters is 1. The van der Waals surface area contributed by atoms with Gasteiger partial charge in [-0.2, -0.15) is 0 Å². The minimum Gasteiger partial charge on any atom is -0.506 e. The first-order chi connectivity index (χ1) is 11.4. The molecule has 1 aliphatic rings. The molecule has 0 aromatic heterocycles. The maximum atomic E-state index is 12.3. The van der Waals surface area contributed by atoms with E-state index in [2.05, 4.69) is 42.5 Å². The van der Waals surface area contributed by atoms with Crippen molar-refractivity contribution in [1.82, 2.24) is 10.6 Å². The second-order valence-corrected chi connectivity index (χ2v) is 7.06. The first-order valence-corrected chi connectivity index (χ1v) is 9.04. The SMILES string of the molecule is CCCCC1=C(C(=O)OC)C(c2cc(Br)c(O)c(Br)c2)NC(=O)N1. The molecular weight excluding hydrogens is 444 g/mol. The third-order valence-corrected chi connectivity index (χ3v) is 4.92. The molecule has 24 heavy (non-hydrogen) atoms. The molecule has 8 heteroatoms. The number of amides is 2. The molecule has 0 saturated heterocycles. The van der Waals surface area contributed by atoms with E-state index in [9.17, 15) is 14.7 Å².